The lowest BCUT2D eigenvalue weighted by atomic mass is 10.2. The standard InChI is InChI=1S/C23H17FN2O3/c24-17-8-6-7-16(13-17)23-26-19(15-29-23)14-28-21-12-5-4-11-20(21)22(27)25-18-9-2-1-3-10-18/h1-13,15H,14H2,(H,25,27). The minimum Gasteiger partial charge on any atom is -0.486 e. The normalized spacial score (nSPS) is 10.5. The van der Waals surface area contributed by atoms with E-state index in [4.69, 9.17) is 9.15 Å². The maximum Gasteiger partial charge on any atom is 0.259 e. The van der Waals surface area contributed by atoms with E-state index in [0.29, 0.717) is 34.1 Å². The molecule has 1 aromatic heterocycles. The first-order valence-corrected chi connectivity index (χ1v) is 8.97. The van der Waals surface area contributed by atoms with Gasteiger partial charge in [-0.05, 0) is 42.5 Å². The molecule has 0 radical (unpaired) electrons. The molecule has 0 saturated heterocycles. The van der Waals surface area contributed by atoms with E-state index in [9.17, 15) is 9.18 Å². The molecule has 0 aliphatic rings. The van der Waals surface area contributed by atoms with Crippen LogP contribution in [-0.2, 0) is 6.61 Å². The molecule has 29 heavy (non-hydrogen) atoms. The van der Waals surface area contributed by atoms with Crippen molar-refractivity contribution in [3.8, 4) is 17.2 Å². The van der Waals surface area contributed by atoms with Crippen LogP contribution < -0.4 is 10.1 Å². The van der Waals surface area contributed by atoms with Gasteiger partial charge in [0.15, 0.2) is 0 Å². The van der Waals surface area contributed by atoms with Crippen LogP contribution in [0.1, 0.15) is 16.1 Å². The average molecular weight is 388 g/mol. The van der Waals surface area contributed by atoms with Crippen molar-refractivity contribution < 1.29 is 18.3 Å². The van der Waals surface area contributed by atoms with E-state index in [1.165, 1.54) is 18.4 Å². The summed E-state index contributed by atoms with van der Waals surface area (Å²) in [7, 11) is 0. The number of halogens is 1. The molecule has 4 rings (SSSR count). The summed E-state index contributed by atoms with van der Waals surface area (Å²) in [4.78, 5) is 16.9. The molecular formula is C23H17FN2O3. The summed E-state index contributed by atoms with van der Waals surface area (Å²) >= 11 is 0. The lowest BCUT2D eigenvalue weighted by Crippen LogP contribution is -2.13. The van der Waals surface area contributed by atoms with Crippen LogP contribution >= 0.6 is 0 Å². The second-order valence-electron chi connectivity index (χ2n) is 6.26. The second kappa shape index (κ2) is 8.39. The highest BCUT2D eigenvalue weighted by Gasteiger charge is 2.14. The molecule has 0 aliphatic carbocycles. The number of carbonyl (C=O) groups is 1. The van der Waals surface area contributed by atoms with Crippen molar-refractivity contribution in [3.05, 3.63) is 102 Å². The molecule has 0 fully saturated rings. The number of amides is 1. The Morgan fingerprint density at radius 1 is 1.00 bits per heavy atom. The number of nitrogens with zero attached hydrogens (tertiary/aromatic N) is 1. The number of rotatable bonds is 6. The van der Waals surface area contributed by atoms with Gasteiger partial charge in [0.25, 0.3) is 5.91 Å². The van der Waals surface area contributed by atoms with E-state index < -0.39 is 0 Å². The van der Waals surface area contributed by atoms with Gasteiger partial charge >= 0.3 is 0 Å². The molecule has 144 valence electrons. The molecule has 5 nitrogen and oxygen atoms in total. The van der Waals surface area contributed by atoms with Crippen LogP contribution in [-0.4, -0.2) is 10.9 Å². The third-order valence-corrected chi connectivity index (χ3v) is 4.16. The molecule has 4 aromatic rings. The number of aromatic nitrogens is 1. The van der Waals surface area contributed by atoms with Crippen LogP contribution in [0, 0.1) is 5.82 Å². The molecule has 0 unspecified atom stereocenters. The SMILES string of the molecule is O=C(Nc1ccccc1)c1ccccc1OCc1coc(-c2cccc(F)c2)n1. The van der Waals surface area contributed by atoms with Crippen LogP contribution in [0.15, 0.2) is 89.5 Å². The van der Waals surface area contributed by atoms with Crippen LogP contribution in [0.4, 0.5) is 10.1 Å². The highest BCUT2D eigenvalue weighted by atomic mass is 19.1. The largest absolute Gasteiger partial charge is 0.486 e. The van der Waals surface area contributed by atoms with E-state index >= 15 is 0 Å². The summed E-state index contributed by atoms with van der Waals surface area (Å²) in [6.07, 6.45) is 1.45. The van der Waals surface area contributed by atoms with Crippen molar-refractivity contribution in [1.29, 1.82) is 0 Å². The van der Waals surface area contributed by atoms with E-state index in [0.717, 1.165) is 0 Å². The number of ether oxygens (including phenoxy) is 1. The van der Waals surface area contributed by atoms with Crippen molar-refractivity contribution >= 4 is 11.6 Å². The molecule has 1 heterocycles. The van der Waals surface area contributed by atoms with Crippen molar-refractivity contribution in [2.45, 2.75) is 6.61 Å². The van der Waals surface area contributed by atoms with Gasteiger partial charge in [0.1, 0.15) is 30.1 Å². The summed E-state index contributed by atoms with van der Waals surface area (Å²) in [6.45, 7) is 0.106. The van der Waals surface area contributed by atoms with Crippen LogP contribution in [0.3, 0.4) is 0 Å². The predicted molar refractivity (Wildman–Crippen MR) is 107 cm³/mol. The molecular weight excluding hydrogens is 371 g/mol. The zero-order valence-electron chi connectivity index (χ0n) is 15.3. The number of oxazole rings is 1. The first-order chi connectivity index (χ1) is 14.2. The highest BCUT2D eigenvalue weighted by molar-refractivity contribution is 6.06. The van der Waals surface area contributed by atoms with Crippen molar-refractivity contribution in [2.75, 3.05) is 5.32 Å². The lowest BCUT2D eigenvalue weighted by Gasteiger charge is -2.10. The van der Waals surface area contributed by atoms with Gasteiger partial charge in [-0.15, -0.1) is 0 Å². The zero-order chi connectivity index (χ0) is 20.1. The maximum atomic E-state index is 13.4. The molecule has 1 amide bonds. The smallest absolute Gasteiger partial charge is 0.259 e. The summed E-state index contributed by atoms with van der Waals surface area (Å²) in [5.41, 5.74) is 2.18. The number of para-hydroxylation sites is 2. The molecule has 6 heteroatoms. The first-order valence-electron chi connectivity index (χ1n) is 8.97. The number of benzene rings is 3. The quantitative estimate of drug-likeness (QED) is 0.486. The average Bonchev–Trinajstić information content (AvgIpc) is 3.22. The lowest BCUT2D eigenvalue weighted by molar-refractivity contribution is 0.102. The summed E-state index contributed by atoms with van der Waals surface area (Å²) in [5.74, 6) is 0.0960. The number of nitrogens with one attached hydrogen (secondary N) is 1. The van der Waals surface area contributed by atoms with E-state index in [1.807, 2.05) is 30.3 Å². The molecule has 0 saturated carbocycles. The second-order valence-corrected chi connectivity index (χ2v) is 6.26. The monoisotopic (exact) mass is 388 g/mol. The zero-order valence-corrected chi connectivity index (χ0v) is 15.3. The topological polar surface area (TPSA) is 64.4 Å². The Labute approximate surface area is 166 Å². The van der Waals surface area contributed by atoms with Crippen LogP contribution in [0.2, 0.25) is 0 Å². The Kier molecular flexibility index (Phi) is 5.33. The summed E-state index contributed by atoms with van der Waals surface area (Å²) < 4.78 is 24.6. The number of hydrogen-bond donors (Lipinski definition) is 1. The third kappa shape index (κ3) is 4.50. The van der Waals surface area contributed by atoms with Gasteiger partial charge < -0.3 is 14.5 Å². The van der Waals surface area contributed by atoms with E-state index in [2.05, 4.69) is 10.3 Å². The predicted octanol–water partition coefficient (Wildman–Crippen LogP) is 5.31. The van der Waals surface area contributed by atoms with Crippen LogP contribution in [0.5, 0.6) is 5.75 Å². The van der Waals surface area contributed by atoms with Gasteiger partial charge in [0, 0.05) is 11.3 Å². The number of carbonyl (C=O) groups excluding carboxylic acids is 1. The van der Waals surface area contributed by atoms with Gasteiger partial charge in [-0.2, -0.15) is 0 Å². The first kappa shape index (κ1) is 18.4. The molecule has 0 bridgehead atoms. The Balaban J connectivity index is 1.46. The Hall–Kier alpha value is -3.93. The van der Waals surface area contributed by atoms with Gasteiger partial charge in [-0.3, -0.25) is 4.79 Å². The van der Waals surface area contributed by atoms with Gasteiger partial charge in [0.2, 0.25) is 5.89 Å². The number of anilines is 1. The minimum absolute atomic E-state index is 0.106. The Bertz CT molecular complexity index is 1130. The fraction of sp³-hybridized carbons (Fsp3) is 0.0435. The van der Waals surface area contributed by atoms with Gasteiger partial charge in [-0.1, -0.05) is 36.4 Å². The molecule has 0 aliphatic heterocycles. The molecule has 1 N–H and O–H groups in total. The fourth-order valence-electron chi connectivity index (χ4n) is 2.78. The van der Waals surface area contributed by atoms with Crippen molar-refractivity contribution in [2.24, 2.45) is 0 Å². The third-order valence-electron chi connectivity index (χ3n) is 4.16. The molecule has 0 spiro atoms. The summed E-state index contributed by atoms with van der Waals surface area (Å²) in [5, 5.41) is 2.84. The molecule has 0 atom stereocenters. The van der Waals surface area contributed by atoms with Gasteiger partial charge in [0.05, 0.1) is 5.56 Å². The molecule has 3 aromatic carbocycles. The minimum atomic E-state index is -0.364. The van der Waals surface area contributed by atoms with Crippen molar-refractivity contribution in [3.63, 3.8) is 0 Å². The maximum absolute atomic E-state index is 13.4. The van der Waals surface area contributed by atoms with Gasteiger partial charge in [-0.25, -0.2) is 9.37 Å². The Morgan fingerprint density at radius 3 is 2.62 bits per heavy atom. The van der Waals surface area contributed by atoms with Crippen molar-refractivity contribution in [1.82, 2.24) is 4.98 Å². The highest BCUT2D eigenvalue weighted by Crippen LogP contribution is 2.23. The van der Waals surface area contributed by atoms with E-state index in [-0.39, 0.29) is 18.3 Å². The number of hydrogen-bond acceptors (Lipinski definition) is 4. The Morgan fingerprint density at radius 2 is 1.79 bits per heavy atom. The fourth-order valence-corrected chi connectivity index (χ4v) is 2.78. The van der Waals surface area contributed by atoms with Crippen LogP contribution in [0.25, 0.3) is 11.5 Å². The summed E-state index contributed by atoms with van der Waals surface area (Å²) in [6, 6.07) is 22.2. The van der Waals surface area contributed by atoms with E-state index in [1.54, 1.807) is 36.4 Å².